The first-order valence-corrected chi connectivity index (χ1v) is 6.37. The van der Waals surface area contributed by atoms with Gasteiger partial charge in [-0.1, -0.05) is 13.8 Å². The van der Waals surface area contributed by atoms with Crippen LogP contribution >= 0.6 is 0 Å². The fourth-order valence-corrected chi connectivity index (χ4v) is 2.45. The third-order valence-corrected chi connectivity index (χ3v) is 3.57. The monoisotopic (exact) mass is 207 g/mol. The van der Waals surface area contributed by atoms with E-state index in [-0.39, 0.29) is 0 Å². The Morgan fingerprint density at radius 3 is 2.40 bits per heavy atom. The van der Waals surface area contributed by atoms with E-state index in [0.717, 1.165) is 30.8 Å². The average molecular weight is 207 g/mol. The quantitative estimate of drug-likeness (QED) is 0.551. The molecule has 0 radical (unpaired) electrons. The van der Waals surface area contributed by atoms with E-state index in [4.69, 9.17) is 0 Å². The van der Waals surface area contributed by atoms with Gasteiger partial charge in [0.05, 0.1) is 0 Å². The van der Waals surface area contributed by atoms with Gasteiger partial charge in [-0.2, -0.15) is 0 Å². The number of hydrogen-bond donors (Lipinski definition) is 1. The topological polar surface area (TPSA) is 12.0 Å². The van der Waals surface area contributed by atoms with Crippen LogP contribution in [0.15, 0.2) is 0 Å². The number of nitrogens with one attached hydrogen (secondary N) is 1. The van der Waals surface area contributed by atoms with Crippen LogP contribution in [-0.4, -0.2) is 12.6 Å². The molecular formula is C14H25N. The van der Waals surface area contributed by atoms with Crippen molar-refractivity contribution in [1.82, 2.24) is 5.32 Å². The highest BCUT2D eigenvalue weighted by molar-refractivity contribution is 4.95. The van der Waals surface area contributed by atoms with Gasteiger partial charge in [-0.25, -0.2) is 0 Å². The van der Waals surface area contributed by atoms with E-state index in [1.54, 1.807) is 0 Å². The lowest BCUT2D eigenvalue weighted by molar-refractivity contribution is 0.240. The molecule has 0 saturated heterocycles. The van der Waals surface area contributed by atoms with Crippen LogP contribution in [0.5, 0.6) is 0 Å². The Morgan fingerprint density at radius 1 is 1.20 bits per heavy atom. The first kappa shape index (κ1) is 12.6. The van der Waals surface area contributed by atoms with Crippen molar-refractivity contribution in [2.45, 2.75) is 58.9 Å². The second-order valence-electron chi connectivity index (χ2n) is 4.99. The van der Waals surface area contributed by atoms with Crippen LogP contribution in [0.1, 0.15) is 52.9 Å². The fraction of sp³-hybridized carbons (Fsp3) is 0.857. The van der Waals surface area contributed by atoms with Gasteiger partial charge in [-0.05, 0) is 44.4 Å². The summed E-state index contributed by atoms with van der Waals surface area (Å²) in [6.45, 7) is 7.69. The van der Waals surface area contributed by atoms with Crippen molar-refractivity contribution in [2.75, 3.05) is 6.54 Å². The van der Waals surface area contributed by atoms with E-state index in [1.807, 2.05) is 6.92 Å². The highest BCUT2D eigenvalue weighted by atomic mass is 14.9. The summed E-state index contributed by atoms with van der Waals surface area (Å²) in [5, 5.41) is 3.61. The third-order valence-electron chi connectivity index (χ3n) is 3.57. The van der Waals surface area contributed by atoms with Crippen LogP contribution in [0.25, 0.3) is 0 Å². The van der Waals surface area contributed by atoms with Crippen LogP contribution in [0.2, 0.25) is 0 Å². The number of rotatable bonds is 4. The van der Waals surface area contributed by atoms with Gasteiger partial charge >= 0.3 is 0 Å². The highest BCUT2D eigenvalue weighted by Gasteiger charge is 2.22. The molecule has 0 aromatic rings. The van der Waals surface area contributed by atoms with E-state index >= 15 is 0 Å². The minimum atomic E-state index is 0.763. The Kier molecular flexibility index (Phi) is 5.79. The molecule has 1 N–H and O–H groups in total. The SMILES string of the molecule is CC#CCCNC1CCC(C(C)C)CC1. The minimum absolute atomic E-state index is 0.763. The fourth-order valence-electron chi connectivity index (χ4n) is 2.45. The van der Waals surface area contributed by atoms with Crippen LogP contribution < -0.4 is 5.32 Å². The lowest BCUT2D eigenvalue weighted by Crippen LogP contribution is -2.34. The molecule has 1 nitrogen and oxygen atoms in total. The summed E-state index contributed by atoms with van der Waals surface area (Å²) in [4.78, 5) is 0. The molecule has 0 spiro atoms. The van der Waals surface area contributed by atoms with Crippen LogP contribution in [0.4, 0.5) is 0 Å². The molecule has 0 aliphatic heterocycles. The van der Waals surface area contributed by atoms with Gasteiger partial charge in [0.2, 0.25) is 0 Å². The normalized spacial score (nSPS) is 26.1. The molecule has 0 unspecified atom stereocenters. The second-order valence-corrected chi connectivity index (χ2v) is 4.99. The Balaban J connectivity index is 2.11. The van der Waals surface area contributed by atoms with Crippen molar-refractivity contribution in [3.8, 4) is 11.8 Å². The van der Waals surface area contributed by atoms with E-state index in [1.165, 1.54) is 25.7 Å². The molecule has 0 bridgehead atoms. The van der Waals surface area contributed by atoms with E-state index in [9.17, 15) is 0 Å². The Labute approximate surface area is 95.0 Å². The summed E-state index contributed by atoms with van der Waals surface area (Å²) >= 11 is 0. The first-order valence-electron chi connectivity index (χ1n) is 6.37. The summed E-state index contributed by atoms with van der Waals surface area (Å²) in [5.74, 6) is 7.88. The molecule has 1 heteroatoms. The summed E-state index contributed by atoms with van der Waals surface area (Å²) < 4.78 is 0. The maximum Gasteiger partial charge on any atom is 0.0214 e. The Morgan fingerprint density at radius 2 is 1.87 bits per heavy atom. The average Bonchev–Trinajstić information content (AvgIpc) is 2.25. The lowest BCUT2D eigenvalue weighted by atomic mass is 9.80. The predicted molar refractivity (Wildman–Crippen MR) is 66.7 cm³/mol. The van der Waals surface area contributed by atoms with Gasteiger partial charge in [0.1, 0.15) is 0 Å². The largest absolute Gasteiger partial charge is 0.313 e. The van der Waals surface area contributed by atoms with Crippen molar-refractivity contribution in [1.29, 1.82) is 0 Å². The first-order chi connectivity index (χ1) is 7.24. The second kappa shape index (κ2) is 6.90. The summed E-state index contributed by atoms with van der Waals surface area (Å²) in [5.41, 5.74) is 0. The summed E-state index contributed by atoms with van der Waals surface area (Å²) in [6, 6.07) is 0.763. The molecule has 0 amide bonds. The zero-order valence-corrected chi connectivity index (χ0v) is 10.5. The van der Waals surface area contributed by atoms with Gasteiger partial charge in [-0.15, -0.1) is 11.8 Å². The molecule has 1 saturated carbocycles. The molecule has 1 fully saturated rings. The standard InChI is InChI=1S/C14H25N/c1-4-5-6-11-15-14-9-7-13(8-10-14)12(2)3/h12-15H,6-11H2,1-3H3. The molecule has 1 aliphatic rings. The molecule has 15 heavy (non-hydrogen) atoms. The van der Waals surface area contributed by atoms with Crippen LogP contribution in [-0.2, 0) is 0 Å². The highest BCUT2D eigenvalue weighted by Crippen LogP contribution is 2.29. The maximum atomic E-state index is 3.61. The van der Waals surface area contributed by atoms with E-state index in [2.05, 4.69) is 31.0 Å². The van der Waals surface area contributed by atoms with Crippen LogP contribution in [0, 0.1) is 23.7 Å². The molecule has 1 rings (SSSR count). The van der Waals surface area contributed by atoms with Crippen molar-refractivity contribution >= 4 is 0 Å². The molecule has 0 heterocycles. The van der Waals surface area contributed by atoms with Gasteiger partial charge in [0.25, 0.3) is 0 Å². The number of hydrogen-bond acceptors (Lipinski definition) is 1. The lowest BCUT2D eigenvalue weighted by Gasteiger charge is -2.31. The summed E-state index contributed by atoms with van der Waals surface area (Å²) in [6.07, 6.45) is 6.55. The van der Waals surface area contributed by atoms with Crippen molar-refractivity contribution < 1.29 is 0 Å². The van der Waals surface area contributed by atoms with Gasteiger partial charge in [0, 0.05) is 19.0 Å². The molecule has 0 aromatic carbocycles. The Hall–Kier alpha value is -0.480. The van der Waals surface area contributed by atoms with Gasteiger partial charge in [-0.3, -0.25) is 0 Å². The third kappa shape index (κ3) is 4.71. The molecule has 0 atom stereocenters. The minimum Gasteiger partial charge on any atom is -0.313 e. The Bertz CT molecular complexity index is 213. The van der Waals surface area contributed by atoms with E-state index < -0.39 is 0 Å². The summed E-state index contributed by atoms with van der Waals surface area (Å²) in [7, 11) is 0. The molecule has 86 valence electrons. The van der Waals surface area contributed by atoms with Crippen LogP contribution in [0.3, 0.4) is 0 Å². The van der Waals surface area contributed by atoms with Gasteiger partial charge in [0.15, 0.2) is 0 Å². The van der Waals surface area contributed by atoms with Crippen molar-refractivity contribution in [2.24, 2.45) is 11.8 Å². The maximum absolute atomic E-state index is 3.61. The molecule has 1 aliphatic carbocycles. The predicted octanol–water partition coefficient (Wildman–Crippen LogP) is 3.20. The van der Waals surface area contributed by atoms with Crippen molar-refractivity contribution in [3.63, 3.8) is 0 Å². The zero-order valence-electron chi connectivity index (χ0n) is 10.5. The van der Waals surface area contributed by atoms with Gasteiger partial charge < -0.3 is 5.32 Å². The molecular weight excluding hydrogens is 182 g/mol. The van der Waals surface area contributed by atoms with Crippen molar-refractivity contribution in [3.05, 3.63) is 0 Å². The zero-order chi connectivity index (χ0) is 11.1. The van der Waals surface area contributed by atoms with E-state index in [0.29, 0.717) is 0 Å². The molecule has 0 aromatic heterocycles. The smallest absolute Gasteiger partial charge is 0.0214 e.